The molecular formula is C9H20O2Sn. The Morgan fingerprint density at radius 1 is 1.42 bits per heavy atom. The molecule has 0 heterocycles. The van der Waals surface area contributed by atoms with Crippen molar-refractivity contribution in [3.63, 3.8) is 0 Å². The van der Waals surface area contributed by atoms with Crippen LogP contribution in [0.3, 0.4) is 0 Å². The van der Waals surface area contributed by atoms with Gasteiger partial charge in [-0.25, -0.2) is 0 Å². The van der Waals surface area contributed by atoms with Crippen LogP contribution < -0.4 is 0 Å². The van der Waals surface area contributed by atoms with Gasteiger partial charge in [-0.15, -0.1) is 0 Å². The Bertz CT molecular complexity index is 124. The molecule has 12 heavy (non-hydrogen) atoms. The third-order valence-electron chi connectivity index (χ3n) is 1.69. The molecule has 0 fully saturated rings. The van der Waals surface area contributed by atoms with E-state index in [-0.39, 0.29) is 0 Å². The summed E-state index contributed by atoms with van der Waals surface area (Å²) in [6, 6.07) is 0. The van der Waals surface area contributed by atoms with Crippen LogP contribution in [-0.2, 0) is 6.15 Å². The molecule has 0 aromatic rings. The van der Waals surface area contributed by atoms with E-state index in [4.69, 9.17) is 3.07 Å². The Balaban J connectivity index is 3.20. The van der Waals surface area contributed by atoms with E-state index in [9.17, 15) is 3.08 Å². The molecule has 0 spiro atoms. The molecule has 0 rings (SSSR count). The van der Waals surface area contributed by atoms with Crippen LogP contribution in [0.1, 0.15) is 40.0 Å². The van der Waals surface area contributed by atoms with Gasteiger partial charge in [0.15, 0.2) is 0 Å². The summed E-state index contributed by atoms with van der Waals surface area (Å²) in [6.45, 7) is 7.14. The molecule has 0 aliphatic rings. The van der Waals surface area contributed by atoms with Crippen molar-refractivity contribution >= 4 is 20.2 Å². The van der Waals surface area contributed by atoms with E-state index in [1.165, 1.54) is 0 Å². The first kappa shape index (κ1) is 12.6. The number of hydrogen-bond donors (Lipinski definition) is 0. The monoisotopic (exact) mass is 280 g/mol. The Morgan fingerprint density at radius 3 is 2.58 bits per heavy atom. The molecule has 0 aromatic carbocycles. The normalized spacial score (nSPS) is 10.7. The number of rotatable bonds is 7. The van der Waals surface area contributed by atoms with Crippen LogP contribution in [0, 0.1) is 5.92 Å². The predicted octanol–water partition coefficient (Wildman–Crippen LogP) is 2.77. The van der Waals surface area contributed by atoms with E-state index >= 15 is 0 Å². The standard InChI is InChI=1S/C5H11O.C4H9.O.Sn/c1-5(2)3-4-6;1-3-4-2;;/h5H,3-4H2,1-2H3;1,3-4H2,2H3;;/q-1;;;+1. The summed E-state index contributed by atoms with van der Waals surface area (Å²) in [7, 11) is 0. The summed E-state index contributed by atoms with van der Waals surface area (Å²) >= 11 is -2.54. The zero-order valence-corrected chi connectivity index (χ0v) is 11.3. The van der Waals surface area contributed by atoms with E-state index in [1.807, 2.05) is 0 Å². The van der Waals surface area contributed by atoms with Crippen LogP contribution in [-0.4, -0.2) is 26.8 Å². The summed E-state index contributed by atoms with van der Waals surface area (Å²) in [5.74, 6) is 0.660. The minimum atomic E-state index is -2.54. The third kappa shape index (κ3) is 8.65. The zero-order chi connectivity index (χ0) is 9.40. The summed E-state index contributed by atoms with van der Waals surface area (Å²) in [6.07, 6.45) is 3.23. The summed E-state index contributed by atoms with van der Waals surface area (Å²) < 4.78 is 17.4. The van der Waals surface area contributed by atoms with Crippen LogP contribution in [0.15, 0.2) is 0 Å². The molecule has 0 radical (unpaired) electrons. The van der Waals surface area contributed by atoms with Crippen LogP contribution in [0.25, 0.3) is 0 Å². The van der Waals surface area contributed by atoms with Crippen molar-refractivity contribution in [2.45, 2.75) is 44.5 Å². The van der Waals surface area contributed by atoms with Crippen LogP contribution in [0.4, 0.5) is 0 Å². The van der Waals surface area contributed by atoms with Gasteiger partial charge in [0.05, 0.1) is 0 Å². The van der Waals surface area contributed by atoms with Gasteiger partial charge >= 0.3 is 83.3 Å². The molecule has 0 atom stereocenters. The van der Waals surface area contributed by atoms with Gasteiger partial charge < -0.3 is 0 Å². The molecule has 3 heteroatoms. The number of hydrogen-bond acceptors (Lipinski definition) is 2. The van der Waals surface area contributed by atoms with Crippen LogP contribution in [0.2, 0.25) is 4.44 Å². The third-order valence-corrected chi connectivity index (χ3v) is 5.37. The average molecular weight is 279 g/mol. The van der Waals surface area contributed by atoms with Gasteiger partial charge in [0.25, 0.3) is 0 Å². The van der Waals surface area contributed by atoms with Crippen molar-refractivity contribution in [2.75, 3.05) is 6.61 Å². The van der Waals surface area contributed by atoms with Crippen LogP contribution >= 0.6 is 0 Å². The van der Waals surface area contributed by atoms with Crippen molar-refractivity contribution in [1.82, 2.24) is 0 Å². The first-order chi connectivity index (χ1) is 5.66. The van der Waals surface area contributed by atoms with E-state index in [0.29, 0.717) is 12.5 Å². The SMILES string of the molecule is CCC[CH2][Sn](=[O])[O]CCC(C)C. The maximum atomic E-state index is 11.2. The van der Waals surface area contributed by atoms with Gasteiger partial charge in [0, 0.05) is 0 Å². The molecule has 0 N–H and O–H groups in total. The van der Waals surface area contributed by atoms with E-state index in [1.54, 1.807) is 0 Å². The second-order valence-corrected chi connectivity index (χ2v) is 7.88. The molecule has 2 nitrogen and oxygen atoms in total. The van der Waals surface area contributed by atoms with E-state index < -0.39 is 20.2 Å². The molecular weight excluding hydrogens is 259 g/mol. The quantitative estimate of drug-likeness (QED) is 0.670. The molecule has 0 aliphatic carbocycles. The van der Waals surface area contributed by atoms with Gasteiger partial charge in [-0.2, -0.15) is 0 Å². The fraction of sp³-hybridized carbons (Fsp3) is 1.00. The zero-order valence-electron chi connectivity index (χ0n) is 8.43. The summed E-state index contributed by atoms with van der Waals surface area (Å²) in [5, 5.41) is 0. The molecule has 0 aromatic heterocycles. The molecule has 0 amide bonds. The van der Waals surface area contributed by atoms with Crippen molar-refractivity contribution in [2.24, 2.45) is 5.92 Å². The molecule has 0 unspecified atom stereocenters. The Hall–Kier alpha value is 0.559. The first-order valence-corrected chi connectivity index (χ1v) is 9.17. The van der Waals surface area contributed by atoms with Gasteiger partial charge in [0.2, 0.25) is 0 Å². The summed E-state index contributed by atoms with van der Waals surface area (Å²) in [5.41, 5.74) is 0. The van der Waals surface area contributed by atoms with Crippen molar-refractivity contribution in [1.29, 1.82) is 0 Å². The molecule has 72 valence electrons. The van der Waals surface area contributed by atoms with Crippen LogP contribution in [0.5, 0.6) is 0 Å². The predicted molar refractivity (Wildman–Crippen MR) is 51.6 cm³/mol. The Labute approximate surface area is 83.4 Å². The van der Waals surface area contributed by atoms with Crippen molar-refractivity contribution < 1.29 is 6.15 Å². The Morgan fingerprint density at radius 2 is 2.08 bits per heavy atom. The fourth-order valence-electron chi connectivity index (χ4n) is 0.802. The van der Waals surface area contributed by atoms with Gasteiger partial charge in [-0.3, -0.25) is 0 Å². The van der Waals surface area contributed by atoms with Gasteiger partial charge in [-0.05, 0) is 0 Å². The molecule has 0 bridgehead atoms. The fourth-order valence-corrected chi connectivity index (χ4v) is 4.03. The first-order valence-electron chi connectivity index (χ1n) is 4.82. The maximum absolute atomic E-state index is 11.2. The molecule has 0 saturated heterocycles. The average Bonchev–Trinajstić information content (AvgIpc) is 2.00. The van der Waals surface area contributed by atoms with Crippen molar-refractivity contribution in [3.05, 3.63) is 0 Å². The van der Waals surface area contributed by atoms with Gasteiger partial charge in [-0.1, -0.05) is 0 Å². The minimum absolute atomic E-state index is 0.660. The summed E-state index contributed by atoms with van der Waals surface area (Å²) in [4.78, 5) is 0. The second kappa shape index (κ2) is 8.17. The second-order valence-electron chi connectivity index (χ2n) is 3.51. The molecule has 0 saturated carbocycles. The van der Waals surface area contributed by atoms with Gasteiger partial charge in [0.1, 0.15) is 0 Å². The van der Waals surface area contributed by atoms with E-state index in [2.05, 4.69) is 20.8 Å². The molecule has 0 aliphatic heterocycles. The topological polar surface area (TPSA) is 26.3 Å². The number of unbranched alkanes of at least 4 members (excludes halogenated alkanes) is 1. The van der Waals surface area contributed by atoms with E-state index in [0.717, 1.165) is 23.7 Å². The van der Waals surface area contributed by atoms with Crippen molar-refractivity contribution in [3.8, 4) is 0 Å². The Kier molecular flexibility index (Phi) is 8.55.